The lowest BCUT2D eigenvalue weighted by Crippen LogP contribution is -2.61. The topological polar surface area (TPSA) is 113 Å². The molecule has 4 heterocycles. The van der Waals surface area contributed by atoms with Crippen LogP contribution in [0.1, 0.15) is 49.2 Å². The molecule has 5 aliphatic rings. The fraction of sp³-hybridized carbons (Fsp3) is 0.767. The highest BCUT2D eigenvalue weighted by atomic mass is 35.5. The number of fused-ring (bicyclic) bond motifs is 2. The molecule has 2 N–H and O–H groups in total. The molecule has 4 fully saturated rings. The zero-order valence-corrected chi connectivity index (χ0v) is 27.4. The van der Waals surface area contributed by atoms with Crippen molar-refractivity contribution >= 4 is 39.3 Å². The van der Waals surface area contributed by atoms with Gasteiger partial charge < -0.3 is 5.32 Å². The first-order valence-electron chi connectivity index (χ1n) is 15.5. The number of aryl methyl sites for hydroxylation is 2. The first kappa shape index (κ1) is 32.2. The van der Waals surface area contributed by atoms with Crippen molar-refractivity contribution in [3.05, 3.63) is 27.4 Å². The van der Waals surface area contributed by atoms with Gasteiger partial charge >= 0.3 is 0 Å². The SMILES string of the molecule is Cc1nc2c(c(=O)n1CC#CC1CCC(Cl)CC1C1CCNC3C(C(=O)NS(C)(=O)=O)CSC13)C[C@H](N1CC(F)(F)C1)CC2. The lowest BCUT2D eigenvalue weighted by atomic mass is 9.67. The van der Waals surface area contributed by atoms with Gasteiger partial charge in [0.15, 0.2) is 0 Å². The molecule has 6 rings (SSSR count). The monoisotopic (exact) mass is 671 g/mol. The Balaban J connectivity index is 1.17. The minimum atomic E-state index is -3.63. The van der Waals surface area contributed by atoms with E-state index in [1.54, 1.807) is 21.2 Å². The first-order chi connectivity index (χ1) is 20.8. The highest BCUT2D eigenvalue weighted by molar-refractivity contribution is 8.00. The van der Waals surface area contributed by atoms with E-state index in [0.717, 1.165) is 50.6 Å². The van der Waals surface area contributed by atoms with Gasteiger partial charge in [0.1, 0.15) is 5.82 Å². The summed E-state index contributed by atoms with van der Waals surface area (Å²) in [4.78, 5) is 32.8. The van der Waals surface area contributed by atoms with Crippen molar-refractivity contribution in [2.75, 3.05) is 31.6 Å². The molecule has 44 heavy (non-hydrogen) atoms. The Kier molecular flexibility index (Phi) is 9.14. The maximum Gasteiger partial charge on any atom is 0.272 e. The Morgan fingerprint density at radius 2 is 2.00 bits per heavy atom. The maximum absolute atomic E-state index is 13.6. The number of nitrogens with zero attached hydrogens (tertiary/aromatic N) is 3. The Morgan fingerprint density at radius 1 is 1.23 bits per heavy atom. The number of amides is 1. The molecule has 0 aromatic carbocycles. The number of rotatable bonds is 5. The van der Waals surface area contributed by atoms with E-state index in [1.165, 1.54) is 0 Å². The molecule has 3 saturated heterocycles. The fourth-order valence-electron chi connectivity index (χ4n) is 8.01. The number of carbonyl (C=O) groups is 1. The predicted octanol–water partition coefficient (Wildman–Crippen LogP) is 2.17. The third-order valence-corrected chi connectivity index (χ3v) is 12.7. The maximum atomic E-state index is 13.6. The van der Waals surface area contributed by atoms with Gasteiger partial charge in [0.2, 0.25) is 15.9 Å². The molecule has 3 aliphatic heterocycles. The van der Waals surface area contributed by atoms with E-state index < -0.39 is 27.8 Å². The summed E-state index contributed by atoms with van der Waals surface area (Å²) in [6.45, 7) is 2.28. The van der Waals surface area contributed by atoms with Crippen LogP contribution >= 0.6 is 23.4 Å². The lowest BCUT2D eigenvalue weighted by molar-refractivity contribution is -0.147. The quantitative estimate of drug-likeness (QED) is 0.362. The number of piperidine rings is 1. The Bertz CT molecular complexity index is 1520. The third kappa shape index (κ3) is 6.70. The van der Waals surface area contributed by atoms with Crippen molar-refractivity contribution in [2.45, 2.75) is 87.0 Å². The standard InChI is InChI=1S/C30H40ClF2N5O4S2/c1-17-35-25-8-7-20(37-15-30(32,33)16-37)13-23(25)29(40)38(17)11-3-4-18-5-6-19(31)12-22(18)21-9-10-34-26-24(14-43-27(21)26)28(39)36-44(2,41)42/h18-22,24,26-27,34H,5-16H2,1-2H3,(H,36,39)/t18?,19?,20-,21?,22?,24?,26?,27?/m1/s1. The molecule has 7 unspecified atom stereocenters. The van der Waals surface area contributed by atoms with Gasteiger partial charge in [0.25, 0.3) is 11.5 Å². The molecule has 0 radical (unpaired) electrons. The summed E-state index contributed by atoms with van der Waals surface area (Å²) in [6.07, 6.45) is 6.24. The number of halogens is 3. The second-order valence-electron chi connectivity index (χ2n) is 13.2. The van der Waals surface area contributed by atoms with Crippen LogP contribution in [0.3, 0.4) is 0 Å². The van der Waals surface area contributed by atoms with Crippen LogP contribution in [0.4, 0.5) is 8.78 Å². The van der Waals surface area contributed by atoms with Gasteiger partial charge in [-0.25, -0.2) is 22.2 Å². The van der Waals surface area contributed by atoms with Gasteiger partial charge in [-0.05, 0) is 70.3 Å². The van der Waals surface area contributed by atoms with Crippen LogP contribution in [-0.2, 0) is 34.2 Å². The summed E-state index contributed by atoms with van der Waals surface area (Å²) in [5, 5.41) is 3.69. The minimum absolute atomic E-state index is 0.0520. The van der Waals surface area contributed by atoms with Crippen LogP contribution in [-0.4, -0.2) is 89.1 Å². The van der Waals surface area contributed by atoms with E-state index in [2.05, 4.69) is 21.9 Å². The fourth-order valence-corrected chi connectivity index (χ4v) is 10.7. The van der Waals surface area contributed by atoms with Crippen molar-refractivity contribution < 1.29 is 22.0 Å². The number of hydrogen-bond donors (Lipinski definition) is 2. The largest absolute Gasteiger partial charge is 0.312 e. The molecule has 2 aliphatic carbocycles. The van der Waals surface area contributed by atoms with Gasteiger partial charge in [0, 0.05) is 39.9 Å². The van der Waals surface area contributed by atoms with Gasteiger partial charge in [-0.2, -0.15) is 11.8 Å². The second kappa shape index (κ2) is 12.5. The van der Waals surface area contributed by atoms with Gasteiger partial charge in [-0.3, -0.25) is 23.8 Å². The highest BCUT2D eigenvalue weighted by Gasteiger charge is 2.50. The number of carbonyl (C=O) groups excluding carboxylic acids is 1. The smallest absolute Gasteiger partial charge is 0.272 e. The van der Waals surface area contributed by atoms with Crippen molar-refractivity contribution in [1.82, 2.24) is 24.5 Å². The van der Waals surface area contributed by atoms with Crippen molar-refractivity contribution in [2.24, 2.45) is 23.7 Å². The van der Waals surface area contributed by atoms with Crippen LogP contribution < -0.4 is 15.6 Å². The minimum Gasteiger partial charge on any atom is -0.312 e. The van der Waals surface area contributed by atoms with Gasteiger partial charge in [-0.15, -0.1) is 11.6 Å². The number of thioether (sulfide) groups is 1. The van der Waals surface area contributed by atoms with E-state index in [9.17, 15) is 26.8 Å². The second-order valence-corrected chi connectivity index (χ2v) is 16.8. The number of aromatic nitrogens is 2. The number of alkyl halides is 3. The summed E-state index contributed by atoms with van der Waals surface area (Å²) in [5.74, 6) is 5.04. The van der Waals surface area contributed by atoms with Gasteiger partial charge in [0.05, 0.1) is 37.5 Å². The summed E-state index contributed by atoms with van der Waals surface area (Å²) in [7, 11) is -3.63. The van der Waals surface area contributed by atoms with Crippen molar-refractivity contribution in [3.63, 3.8) is 0 Å². The molecule has 14 heteroatoms. The highest BCUT2D eigenvalue weighted by Crippen LogP contribution is 2.48. The zero-order chi connectivity index (χ0) is 31.4. The number of hydrogen-bond acceptors (Lipinski definition) is 8. The van der Waals surface area contributed by atoms with Crippen LogP contribution in [0.25, 0.3) is 0 Å². The predicted molar refractivity (Wildman–Crippen MR) is 166 cm³/mol. The molecular formula is C30H40ClF2N5O4S2. The Labute approximate surface area is 266 Å². The van der Waals surface area contributed by atoms with Crippen LogP contribution in [0, 0.1) is 42.4 Å². The van der Waals surface area contributed by atoms with Crippen LogP contribution in [0.2, 0.25) is 0 Å². The number of nitrogens with one attached hydrogen (secondary N) is 2. The van der Waals surface area contributed by atoms with E-state index >= 15 is 0 Å². The summed E-state index contributed by atoms with van der Waals surface area (Å²) < 4.78 is 54.1. The molecule has 1 amide bonds. The van der Waals surface area contributed by atoms with Crippen molar-refractivity contribution in [3.8, 4) is 11.8 Å². The van der Waals surface area contributed by atoms with E-state index in [0.29, 0.717) is 30.0 Å². The molecule has 0 spiro atoms. The normalized spacial score (nSPS) is 35.0. The zero-order valence-electron chi connectivity index (χ0n) is 25.0. The lowest BCUT2D eigenvalue weighted by Gasteiger charge is -2.45. The molecular weight excluding hydrogens is 632 g/mol. The molecule has 8 atom stereocenters. The first-order valence-corrected chi connectivity index (χ1v) is 18.9. The van der Waals surface area contributed by atoms with Crippen LogP contribution in [0.5, 0.6) is 0 Å². The Hall–Kier alpha value is -1.72. The summed E-state index contributed by atoms with van der Waals surface area (Å²) >= 11 is 8.42. The van der Waals surface area contributed by atoms with Crippen molar-refractivity contribution in [1.29, 1.82) is 0 Å². The molecule has 242 valence electrons. The summed E-state index contributed by atoms with van der Waals surface area (Å²) in [6, 6.07) is -0.177. The molecule has 1 aromatic rings. The molecule has 9 nitrogen and oxygen atoms in total. The average Bonchev–Trinajstić information content (AvgIpc) is 3.38. The molecule has 0 bridgehead atoms. The number of likely N-dealkylation sites (tertiary alicyclic amines) is 1. The van der Waals surface area contributed by atoms with E-state index in [1.807, 2.05) is 6.92 Å². The Morgan fingerprint density at radius 3 is 2.73 bits per heavy atom. The van der Waals surface area contributed by atoms with E-state index in [-0.39, 0.29) is 65.7 Å². The van der Waals surface area contributed by atoms with Gasteiger partial charge in [-0.1, -0.05) is 11.8 Å². The van der Waals surface area contributed by atoms with E-state index in [4.69, 9.17) is 16.6 Å². The molecule has 1 saturated carbocycles. The third-order valence-electron chi connectivity index (χ3n) is 10.1. The van der Waals surface area contributed by atoms with Crippen LogP contribution in [0.15, 0.2) is 4.79 Å². The number of sulfonamides is 1. The molecule has 1 aromatic heterocycles. The summed E-state index contributed by atoms with van der Waals surface area (Å²) in [5.41, 5.74) is 1.28. The average molecular weight is 672 g/mol.